The number of carbonyl (C=O) groups is 2. The van der Waals surface area contributed by atoms with Crippen LogP contribution in [0, 0.1) is 0 Å². The molecule has 0 saturated carbocycles. The van der Waals surface area contributed by atoms with Gasteiger partial charge in [-0.1, -0.05) is 39.0 Å². The van der Waals surface area contributed by atoms with E-state index in [2.05, 4.69) is 31.4 Å². The summed E-state index contributed by atoms with van der Waals surface area (Å²) >= 11 is 0. The Morgan fingerprint density at radius 1 is 0.897 bits per heavy atom. The molecule has 3 aromatic carbocycles. The van der Waals surface area contributed by atoms with Gasteiger partial charge in [-0.25, -0.2) is 8.42 Å². The van der Waals surface area contributed by atoms with E-state index >= 15 is 0 Å². The summed E-state index contributed by atoms with van der Waals surface area (Å²) in [6.45, 7) is 6.55. The fraction of sp³-hybridized carbons (Fsp3) is 0.310. The molecule has 0 bridgehead atoms. The Morgan fingerprint density at radius 2 is 1.56 bits per heavy atom. The average Bonchev–Trinajstić information content (AvgIpc) is 3.33. The number of nitrogens with zero attached hydrogens (tertiary/aromatic N) is 1. The van der Waals surface area contributed by atoms with Crippen molar-refractivity contribution in [2.45, 2.75) is 39.0 Å². The number of benzene rings is 3. The third-order valence-corrected chi connectivity index (χ3v) is 7.42. The van der Waals surface area contributed by atoms with Crippen molar-refractivity contribution >= 4 is 38.9 Å². The largest absolute Gasteiger partial charge is 0.454 e. The Balaban J connectivity index is 1.32. The van der Waals surface area contributed by atoms with E-state index in [9.17, 15) is 18.0 Å². The summed E-state index contributed by atoms with van der Waals surface area (Å²) in [4.78, 5) is 25.3. The number of rotatable bonds is 9. The number of ether oxygens (including phenoxy) is 2. The van der Waals surface area contributed by atoms with Gasteiger partial charge in [0.25, 0.3) is 5.91 Å². The van der Waals surface area contributed by atoms with E-state index in [0.717, 1.165) is 11.8 Å². The van der Waals surface area contributed by atoms with E-state index in [1.165, 1.54) is 4.31 Å². The van der Waals surface area contributed by atoms with Gasteiger partial charge in [0.15, 0.2) is 11.5 Å². The molecule has 2 N–H and O–H groups in total. The Kier molecular flexibility index (Phi) is 8.15. The fourth-order valence-electron chi connectivity index (χ4n) is 4.13. The van der Waals surface area contributed by atoms with E-state index in [-0.39, 0.29) is 37.0 Å². The van der Waals surface area contributed by atoms with E-state index in [0.29, 0.717) is 40.5 Å². The molecular formula is C29H33N3O6S. The lowest BCUT2D eigenvalue weighted by molar-refractivity contribution is -0.116. The molecule has 39 heavy (non-hydrogen) atoms. The lowest BCUT2D eigenvalue weighted by Crippen LogP contribution is -2.31. The third kappa shape index (κ3) is 7.29. The minimum atomic E-state index is -3.58. The van der Waals surface area contributed by atoms with E-state index in [1.54, 1.807) is 54.6 Å². The first kappa shape index (κ1) is 28.0. The summed E-state index contributed by atoms with van der Waals surface area (Å²) in [5.74, 6) is 0.523. The van der Waals surface area contributed by atoms with Crippen LogP contribution in [0.1, 0.15) is 49.5 Å². The minimum Gasteiger partial charge on any atom is -0.454 e. The van der Waals surface area contributed by atoms with Gasteiger partial charge in [0.2, 0.25) is 22.7 Å². The van der Waals surface area contributed by atoms with Gasteiger partial charge in [-0.2, -0.15) is 0 Å². The maximum Gasteiger partial charge on any atom is 0.255 e. The maximum absolute atomic E-state index is 12.7. The first-order chi connectivity index (χ1) is 18.4. The third-order valence-electron chi connectivity index (χ3n) is 6.23. The number of sulfonamides is 1. The topological polar surface area (TPSA) is 114 Å². The van der Waals surface area contributed by atoms with Gasteiger partial charge in [0.1, 0.15) is 0 Å². The van der Waals surface area contributed by atoms with Crippen molar-refractivity contribution in [2.24, 2.45) is 0 Å². The zero-order valence-electron chi connectivity index (χ0n) is 22.5. The van der Waals surface area contributed by atoms with Crippen LogP contribution in [0.25, 0.3) is 0 Å². The quantitative estimate of drug-likeness (QED) is 0.380. The number of hydrogen-bond acceptors (Lipinski definition) is 6. The lowest BCUT2D eigenvalue weighted by atomic mass is 9.87. The molecule has 1 heterocycles. The van der Waals surface area contributed by atoms with Crippen molar-refractivity contribution in [3.63, 3.8) is 0 Å². The van der Waals surface area contributed by atoms with Crippen LogP contribution >= 0.6 is 0 Å². The van der Waals surface area contributed by atoms with Crippen LogP contribution in [0.15, 0.2) is 66.7 Å². The number of fused-ring (bicyclic) bond motifs is 1. The second kappa shape index (κ2) is 11.4. The van der Waals surface area contributed by atoms with Crippen molar-refractivity contribution < 1.29 is 27.5 Å². The van der Waals surface area contributed by atoms with Crippen LogP contribution in [-0.2, 0) is 20.2 Å². The van der Waals surface area contributed by atoms with Gasteiger partial charge in [0, 0.05) is 36.0 Å². The molecule has 0 radical (unpaired) electrons. The highest BCUT2D eigenvalue weighted by Crippen LogP contribution is 2.36. The first-order valence-corrected chi connectivity index (χ1v) is 14.4. The highest BCUT2D eigenvalue weighted by atomic mass is 32.2. The van der Waals surface area contributed by atoms with Gasteiger partial charge in [0.05, 0.1) is 11.9 Å². The Hall–Kier alpha value is -4.05. The number of amides is 2. The molecule has 1 aliphatic rings. The van der Waals surface area contributed by atoms with Crippen molar-refractivity contribution in [1.29, 1.82) is 0 Å². The van der Waals surface area contributed by atoms with E-state index in [4.69, 9.17) is 9.47 Å². The molecule has 9 nitrogen and oxygen atoms in total. The van der Waals surface area contributed by atoms with Gasteiger partial charge in [-0.15, -0.1) is 0 Å². The highest BCUT2D eigenvalue weighted by molar-refractivity contribution is 7.92. The van der Waals surface area contributed by atoms with Crippen molar-refractivity contribution in [1.82, 2.24) is 0 Å². The zero-order chi connectivity index (χ0) is 28.2. The van der Waals surface area contributed by atoms with Crippen LogP contribution in [0.2, 0.25) is 0 Å². The van der Waals surface area contributed by atoms with Gasteiger partial charge >= 0.3 is 0 Å². The number of nitrogens with one attached hydrogen (secondary N) is 2. The maximum atomic E-state index is 12.7. The second-order valence-corrected chi connectivity index (χ2v) is 12.3. The SMILES string of the molecule is CC(C)(C)c1ccc(C(=O)Nc2cccc(NC(=O)CCCN(c3ccc4c(c3)OCO4)S(C)(=O)=O)c2)cc1. The van der Waals surface area contributed by atoms with Crippen molar-refractivity contribution in [2.75, 3.05) is 34.5 Å². The van der Waals surface area contributed by atoms with Crippen LogP contribution in [0.5, 0.6) is 11.5 Å². The summed E-state index contributed by atoms with van der Waals surface area (Å²) in [6, 6.07) is 19.3. The molecule has 4 rings (SSSR count). The van der Waals surface area contributed by atoms with Crippen LogP contribution in [-0.4, -0.2) is 39.8 Å². The molecule has 10 heteroatoms. The lowest BCUT2D eigenvalue weighted by Gasteiger charge is -2.22. The monoisotopic (exact) mass is 551 g/mol. The smallest absolute Gasteiger partial charge is 0.255 e. The first-order valence-electron chi connectivity index (χ1n) is 12.6. The number of hydrogen-bond donors (Lipinski definition) is 2. The average molecular weight is 552 g/mol. The van der Waals surface area contributed by atoms with Crippen LogP contribution in [0.3, 0.4) is 0 Å². The van der Waals surface area contributed by atoms with Gasteiger partial charge in [-0.3, -0.25) is 13.9 Å². The fourth-order valence-corrected chi connectivity index (χ4v) is 5.09. The van der Waals surface area contributed by atoms with Crippen LogP contribution < -0.4 is 24.4 Å². The Labute approximate surface area is 229 Å². The summed E-state index contributed by atoms with van der Waals surface area (Å²) < 4.78 is 36.7. The van der Waals surface area contributed by atoms with Crippen LogP contribution in [0.4, 0.5) is 17.1 Å². The summed E-state index contributed by atoms with van der Waals surface area (Å²) in [5, 5.41) is 5.67. The normalized spacial score (nSPS) is 12.6. The molecule has 0 aromatic heterocycles. The van der Waals surface area contributed by atoms with Crippen molar-refractivity contribution in [3.05, 3.63) is 77.9 Å². The molecule has 0 saturated heterocycles. The molecule has 0 fully saturated rings. The van der Waals surface area contributed by atoms with E-state index in [1.807, 2.05) is 12.1 Å². The molecular weight excluding hydrogens is 518 g/mol. The number of anilines is 3. The summed E-state index contributed by atoms with van der Waals surface area (Å²) in [6.07, 6.45) is 1.53. The molecule has 206 valence electrons. The second-order valence-electron chi connectivity index (χ2n) is 10.4. The molecule has 1 aliphatic heterocycles. The minimum absolute atomic E-state index is 0.00341. The highest BCUT2D eigenvalue weighted by Gasteiger charge is 2.22. The van der Waals surface area contributed by atoms with Crippen molar-refractivity contribution in [3.8, 4) is 11.5 Å². The molecule has 0 aliphatic carbocycles. The Bertz CT molecular complexity index is 1460. The standard InChI is InChI=1S/C29H33N3O6S/c1-29(2,3)21-12-10-20(11-13-21)28(34)31-23-8-5-7-22(17-23)30-27(33)9-6-16-32(39(4,35)36)24-14-15-25-26(18-24)38-19-37-25/h5,7-8,10-15,17-18H,6,9,16,19H2,1-4H3,(H,30,33)(H,31,34). The summed E-state index contributed by atoms with van der Waals surface area (Å²) in [7, 11) is -3.58. The Morgan fingerprint density at radius 3 is 2.23 bits per heavy atom. The van der Waals surface area contributed by atoms with E-state index < -0.39 is 10.0 Å². The van der Waals surface area contributed by atoms with Gasteiger partial charge in [-0.05, 0) is 59.9 Å². The summed E-state index contributed by atoms with van der Waals surface area (Å²) in [5.41, 5.74) is 3.19. The predicted octanol–water partition coefficient (Wildman–Crippen LogP) is 5.15. The number of carbonyl (C=O) groups excluding carboxylic acids is 2. The predicted molar refractivity (Wildman–Crippen MR) is 152 cm³/mol. The molecule has 0 unspecified atom stereocenters. The molecule has 0 atom stereocenters. The molecule has 3 aromatic rings. The molecule has 2 amide bonds. The van der Waals surface area contributed by atoms with Gasteiger partial charge < -0.3 is 20.1 Å². The zero-order valence-corrected chi connectivity index (χ0v) is 23.3. The molecule has 0 spiro atoms.